The van der Waals surface area contributed by atoms with Gasteiger partial charge in [-0.25, -0.2) is 8.42 Å². The summed E-state index contributed by atoms with van der Waals surface area (Å²) in [6.07, 6.45) is 3.06. The SMILES string of the molecule is Cc1cc(S(=O)(=O)N2CCC3CCC(C2)N3)ccc1C#N.Cl. The van der Waals surface area contributed by atoms with Crippen molar-refractivity contribution in [3.05, 3.63) is 29.3 Å². The molecule has 2 fully saturated rings. The van der Waals surface area contributed by atoms with Crippen molar-refractivity contribution in [2.24, 2.45) is 0 Å². The van der Waals surface area contributed by atoms with E-state index in [1.165, 1.54) is 6.07 Å². The summed E-state index contributed by atoms with van der Waals surface area (Å²) in [5.74, 6) is 0. The molecule has 3 rings (SSSR count). The minimum atomic E-state index is -3.47. The third-order valence-corrected chi connectivity index (χ3v) is 6.30. The van der Waals surface area contributed by atoms with E-state index in [0.717, 1.165) is 19.3 Å². The summed E-state index contributed by atoms with van der Waals surface area (Å²) >= 11 is 0. The highest BCUT2D eigenvalue weighted by molar-refractivity contribution is 7.89. The monoisotopic (exact) mass is 341 g/mol. The number of nitriles is 1. The fraction of sp³-hybridized carbons (Fsp3) is 0.533. The van der Waals surface area contributed by atoms with Crippen molar-refractivity contribution < 1.29 is 8.42 Å². The van der Waals surface area contributed by atoms with Gasteiger partial charge in [0.1, 0.15) is 0 Å². The Labute approximate surface area is 137 Å². The fourth-order valence-corrected chi connectivity index (χ4v) is 4.79. The number of aryl methyl sites for hydroxylation is 1. The highest BCUT2D eigenvalue weighted by atomic mass is 35.5. The first-order chi connectivity index (χ1) is 10.0. The molecule has 5 nitrogen and oxygen atoms in total. The number of hydrogen-bond acceptors (Lipinski definition) is 4. The van der Waals surface area contributed by atoms with E-state index in [9.17, 15) is 8.42 Å². The van der Waals surface area contributed by atoms with E-state index >= 15 is 0 Å². The molecule has 1 aromatic carbocycles. The van der Waals surface area contributed by atoms with Crippen molar-refractivity contribution in [3.63, 3.8) is 0 Å². The lowest BCUT2D eigenvalue weighted by Gasteiger charge is -2.23. The molecule has 0 saturated carbocycles. The molecule has 1 N–H and O–H groups in total. The Balaban J connectivity index is 0.00000176. The second kappa shape index (κ2) is 6.55. The second-order valence-corrected chi connectivity index (χ2v) is 7.82. The van der Waals surface area contributed by atoms with Crippen LogP contribution in [-0.4, -0.2) is 37.9 Å². The van der Waals surface area contributed by atoms with Gasteiger partial charge < -0.3 is 5.32 Å². The highest BCUT2D eigenvalue weighted by Crippen LogP contribution is 2.25. The molecule has 22 heavy (non-hydrogen) atoms. The zero-order chi connectivity index (χ0) is 15.0. The van der Waals surface area contributed by atoms with Crippen LogP contribution < -0.4 is 5.32 Å². The van der Waals surface area contributed by atoms with Crippen LogP contribution in [0.4, 0.5) is 0 Å². The quantitative estimate of drug-likeness (QED) is 0.890. The molecule has 0 aromatic heterocycles. The van der Waals surface area contributed by atoms with Gasteiger partial charge in [0, 0.05) is 25.2 Å². The zero-order valence-electron chi connectivity index (χ0n) is 12.4. The van der Waals surface area contributed by atoms with Gasteiger partial charge in [-0.05, 0) is 49.9 Å². The van der Waals surface area contributed by atoms with E-state index in [1.54, 1.807) is 23.4 Å². The average Bonchev–Trinajstić information content (AvgIpc) is 2.77. The first-order valence-corrected chi connectivity index (χ1v) is 8.71. The molecule has 1 aromatic rings. The summed E-state index contributed by atoms with van der Waals surface area (Å²) in [5, 5.41) is 12.4. The predicted octanol–water partition coefficient (Wildman–Crippen LogP) is 1.80. The zero-order valence-corrected chi connectivity index (χ0v) is 14.1. The van der Waals surface area contributed by atoms with Crippen LogP contribution in [-0.2, 0) is 10.0 Å². The standard InChI is InChI=1S/C15H19N3O2S.ClH/c1-11-8-15(5-2-12(11)9-16)21(19,20)18-7-6-13-3-4-14(10-18)17-13;/h2,5,8,13-14,17H,3-4,6-7,10H2,1H3;1H. The van der Waals surface area contributed by atoms with Crippen LogP contribution in [0.5, 0.6) is 0 Å². The van der Waals surface area contributed by atoms with Gasteiger partial charge in [-0.1, -0.05) is 0 Å². The van der Waals surface area contributed by atoms with E-state index in [1.807, 2.05) is 0 Å². The minimum Gasteiger partial charge on any atom is -0.310 e. The van der Waals surface area contributed by atoms with E-state index in [-0.39, 0.29) is 23.3 Å². The Hall–Kier alpha value is -1.13. The predicted molar refractivity (Wildman–Crippen MR) is 86.5 cm³/mol. The van der Waals surface area contributed by atoms with Gasteiger partial charge in [0.05, 0.1) is 16.5 Å². The maximum Gasteiger partial charge on any atom is 0.243 e. The van der Waals surface area contributed by atoms with Crippen molar-refractivity contribution >= 4 is 22.4 Å². The number of benzene rings is 1. The summed E-state index contributed by atoms with van der Waals surface area (Å²) < 4.78 is 27.2. The van der Waals surface area contributed by atoms with E-state index in [2.05, 4.69) is 11.4 Å². The van der Waals surface area contributed by atoms with Gasteiger partial charge in [-0.2, -0.15) is 9.57 Å². The number of fused-ring (bicyclic) bond motifs is 2. The largest absolute Gasteiger partial charge is 0.310 e. The third kappa shape index (κ3) is 3.13. The van der Waals surface area contributed by atoms with Crippen LogP contribution in [0.3, 0.4) is 0 Å². The molecule has 2 aliphatic heterocycles. The second-order valence-electron chi connectivity index (χ2n) is 5.88. The summed E-state index contributed by atoms with van der Waals surface area (Å²) in [7, 11) is -3.47. The van der Waals surface area contributed by atoms with E-state index in [4.69, 9.17) is 5.26 Å². The molecule has 0 amide bonds. The normalized spacial score (nSPS) is 25.1. The molecule has 0 spiro atoms. The van der Waals surface area contributed by atoms with Crippen LogP contribution in [0.2, 0.25) is 0 Å². The number of nitrogens with one attached hydrogen (secondary N) is 1. The Morgan fingerprint density at radius 2 is 2.00 bits per heavy atom. The van der Waals surface area contributed by atoms with Crippen molar-refractivity contribution in [2.75, 3.05) is 13.1 Å². The molecule has 2 unspecified atom stereocenters. The number of hydrogen-bond donors (Lipinski definition) is 1. The van der Waals surface area contributed by atoms with Gasteiger partial charge in [0.15, 0.2) is 0 Å². The van der Waals surface area contributed by atoms with Gasteiger partial charge in [0.25, 0.3) is 0 Å². The third-order valence-electron chi connectivity index (χ3n) is 4.44. The molecular weight excluding hydrogens is 322 g/mol. The maximum absolute atomic E-state index is 12.8. The van der Waals surface area contributed by atoms with Gasteiger partial charge in [0.2, 0.25) is 10.0 Å². The average molecular weight is 342 g/mol. The topological polar surface area (TPSA) is 73.2 Å². The van der Waals surface area contributed by atoms with Crippen LogP contribution in [0.15, 0.2) is 23.1 Å². The van der Waals surface area contributed by atoms with Gasteiger partial charge in [-0.3, -0.25) is 0 Å². The highest BCUT2D eigenvalue weighted by Gasteiger charge is 2.34. The van der Waals surface area contributed by atoms with Crippen molar-refractivity contribution in [1.29, 1.82) is 5.26 Å². The lowest BCUT2D eigenvalue weighted by atomic mass is 10.1. The fourth-order valence-electron chi connectivity index (χ4n) is 3.20. The molecule has 0 radical (unpaired) electrons. The lowest BCUT2D eigenvalue weighted by Crippen LogP contribution is -2.39. The number of sulfonamides is 1. The first-order valence-electron chi connectivity index (χ1n) is 7.27. The van der Waals surface area contributed by atoms with Crippen molar-refractivity contribution in [3.8, 4) is 6.07 Å². The molecule has 7 heteroatoms. The Morgan fingerprint density at radius 1 is 1.27 bits per heavy atom. The number of rotatable bonds is 2. The number of nitrogens with zero attached hydrogens (tertiary/aromatic N) is 2. The number of halogens is 1. The molecule has 2 atom stereocenters. The molecule has 2 aliphatic rings. The molecular formula is C15H20ClN3O2S. The Kier molecular flexibility index (Phi) is 5.13. The molecule has 2 saturated heterocycles. The van der Waals surface area contributed by atoms with Crippen LogP contribution in [0, 0.1) is 18.3 Å². The Bertz CT molecular complexity index is 699. The molecule has 2 bridgehead atoms. The van der Waals surface area contributed by atoms with E-state index < -0.39 is 10.0 Å². The molecule has 120 valence electrons. The Morgan fingerprint density at radius 3 is 2.68 bits per heavy atom. The van der Waals surface area contributed by atoms with Crippen molar-refractivity contribution in [2.45, 2.75) is 43.2 Å². The van der Waals surface area contributed by atoms with Crippen LogP contribution >= 0.6 is 12.4 Å². The maximum atomic E-state index is 12.8. The first kappa shape index (κ1) is 17.2. The van der Waals surface area contributed by atoms with E-state index in [0.29, 0.717) is 30.3 Å². The van der Waals surface area contributed by atoms with Gasteiger partial charge in [-0.15, -0.1) is 12.4 Å². The summed E-state index contributed by atoms with van der Waals surface area (Å²) in [4.78, 5) is 0.289. The summed E-state index contributed by atoms with van der Waals surface area (Å²) in [6.45, 7) is 2.87. The molecule has 0 aliphatic carbocycles. The summed E-state index contributed by atoms with van der Waals surface area (Å²) in [5.41, 5.74) is 1.22. The minimum absolute atomic E-state index is 0. The lowest BCUT2D eigenvalue weighted by molar-refractivity contribution is 0.383. The van der Waals surface area contributed by atoms with Crippen LogP contribution in [0.25, 0.3) is 0 Å². The summed E-state index contributed by atoms with van der Waals surface area (Å²) in [6, 6.07) is 7.52. The smallest absolute Gasteiger partial charge is 0.243 e. The molecule has 2 heterocycles. The van der Waals surface area contributed by atoms with Gasteiger partial charge >= 0.3 is 0 Å². The van der Waals surface area contributed by atoms with Crippen molar-refractivity contribution in [1.82, 2.24) is 9.62 Å². The van der Waals surface area contributed by atoms with Crippen LogP contribution in [0.1, 0.15) is 30.4 Å².